The van der Waals surface area contributed by atoms with Crippen molar-refractivity contribution < 1.29 is 24.2 Å². The van der Waals surface area contributed by atoms with Gasteiger partial charge in [-0.3, -0.25) is 9.59 Å². The lowest BCUT2D eigenvalue weighted by molar-refractivity contribution is -0.139. The standard InChI is InChI=1S/C26H31NO5/c1-6-11-27-23(18-9-8-10-19(15-18)32-12-7-2)22(25(29)26(27)30)24(28)20-13-17(4)21(31-5)14-16(20)3/h8-10,13-15,23,28H,6-7,11-12H2,1-5H3/b24-22+. The fourth-order valence-corrected chi connectivity index (χ4v) is 4.10. The van der Waals surface area contributed by atoms with Gasteiger partial charge in [-0.1, -0.05) is 26.0 Å². The molecule has 1 aliphatic heterocycles. The van der Waals surface area contributed by atoms with E-state index >= 15 is 0 Å². The minimum absolute atomic E-state index is 0.101. The number of carbonyl (C=O) groups is 2. The third-order valence-electron chi connectivity index (χ3n) is 5.65. The maximum Gasteiger partial charge on any atom is 0.295 e. The largest absolute Gasteiger partial charge is 0.507 e. The number of aliphatic hydroxyl groups excluding tert-OH is 1. The van der Waals surface area contributed by atoms with E-state index in [9.17, 15) is 14.7 Å². The topological polar surface area (TPSA) is 76.1 Å². The second kappa shape index (κ2) is 9.90. The van der Waals surface area contributed by atoms with Crippen LogP contribution in [0.4, 0.5) is 0 Å². The zero-order valence-corrected chi connectivity index (χ0v) is 19.4. The van der Waals surface area contributed by atoms with Crippen molar-refractivity contribution in [3.05, 3.63) is 64.2 Å². The number of aryl methyl sites for hydroxylation is 2. The predicted octanol–water partition coefficient (Wildman–Crippen LogP) is 4.93. The van der Waals surface area contributed by atoms with E-state index < -0.39 is 17.7 Å². The van der Waals surface area contributed by atoms with Gasteiger partial charge in [-0.15, -0.1) is 0 Å². The van der Waals surface area contributed by atoms with Crippen molar-refractivity contribution in [3.8, 4) is 11.5 Å². The second-order valence-electron chi connectivity index (χ2n) is 8.05. The first-order valence-corrected chi connectivity index (χ1v) is 11.0. The molecule has 0 aliphatic carbocycles. The molecule has 2 aromatic rings. The van der Waals surface area contributed by atoms with Gasteiger partial charge < -0.3 is 19.5 Å². The maximum atomic E-state index is 13.1. The number of benzene rings is 2. The van der Waals surface area contributed by atoms with Crippen LogP contribution in [0, 0.1) is 13.8 Å². The molecule has 1 amide bonds. The average molecular weight is 438 g/mol. The summed E-state index contributed by atoms with van der Waals surface area (Å²) < 4.78 is 11.1. The molecule has 6 heteroatoms. The van der Waals surface area contributed by atoms with E-state index in [1.807, 2.05) is 58.0 Å². The van der Waals surface area contributed by atoms with Gasteiger partial charge in [0.1, 0.15) is 17.3 Å². The first-order chi connectivity index (χ1) is 15.3. The Morgan fingerprint density at radius 3 is 2.47 bits per heavy atom. The second-order valence-corrected chi connectivity index (χ2v) is 8.05. The van der Waals surface area contributed by atoms with Crippen molar-refractivity contribution in [2.24, 2.45) is 0 Å². The van der Waals surface area contributed by atoms with Crippen LogP contribution < -0.4 is 9.47 Å². The Kier molecular flexibility index (Phi) is 7.23. The summed E-state index contributed by atoms with van der Waals surface area (Å²) in [5.41, 5.74) is 2.93. The predicted molar refractivity (Wildman–Crippen MR) is 124 cm³/mol. The number of rotatable bonds is 8. The zero-order valence-electron chi connectivity index (χ0n) is 19.4. The molecule has 1 fully saturated rings. The number of carbonyl (C=O) groups excluding carboxylic acids is 2. The summed E-state index contributed by atoms with van der Waals surface area (Å²) in [5.74, 6) is -0.0735. The van der Waals surface area contributed by atoms with Gasteiger partial charge in [-0.05, 0) is 67.6 Å². The summed E-state index contributed by atoms with van der Waals surface area (Å²) >= 11 is 0. The maximum absolute atomic E-state index is 13.1. The van der Waals surface area contributed by atoms with Gasteiger partial charge in [0.25, 0.3) is 11.7 Å². The normalized spacial score (nSPS) is 17.7. The minimum Gasteiger partial charge on any atom is -0.507 e. The first-order valence-electron chi connectivity index (χ1n) is 11.0. The highest BCUT2D eigenvalue weighted by atomic mass is 16.5. The highest BCUT2D eigenvalue weighted by Crippen LogP contribution is 2.41. The monoisotopic (exact) mass is 437 g/mol. The SMILES string of the molecule is CCCOc1cccc(C2/C(=C(\O)c3cc(C)c(OC)cc3C)C(=O)C(=O)N2CCC)c1. The lowest BCUT2D eigenvalue weighted by Gasteiger charge is -2.25. The fourth-order valence-electron chi connectivity index (χ4n) is 4.10. The quantitative estimate of drug-likeness (QED) is 0.360. The van der Waals surface area contributed by atoms with Crippen molar-refractivity contribution in [1.82, 2.24) is 4.90 Å². The molecule has 2 aromatic carbocycles. The Morgan fingerprint density at radius 1 is 1.06 bits per heavy atom. The van der Waals surface area contributed by atoms with Gasteiger partial charge in [0, 0.05) is 12.1 Å². The van der Waals surface area contributed by atoms with Gasteiger partial charge >= 0.3 is 0 Å². The number of hydrogen-bond donors (Lipinski definition) is 1. The Hall–Kier alpha value is -3.28. The molecule has 32 heavy (non-hydrogen) atoms. The van der Waals surface area contributed by atoms with E-state index in [0.717, 1.165) is 23.1 Å². The average Bonchev–Trinajstić information content (AvgIpc) is 3.04. The van der Waals surface area contributed by atoms with Crippen LogP contribution in [0.1, 0.15) is 55.0 Å². The summed E-state index contributed by atoms with van der Waals surface area (Å²) in [6.07, 6.45) is 1.56. The van der Waals surface area contributed by atoms with Crippen molar-refractivity contribution in [1.29, 1.82) is 0 Å². The fraction of sp³-hybridized carbons (Fsp3) is 0.385. The van der Waals surface area contributed by atoms with Crippen molar-refractivity contribution in [2.45, 2.75) is 46.6 Å². The number of nitrogens with zero attached hydrogens (tertiary/aromatic N) is 1. The molecule has 6 nitrogen and oxygen atoms in total. The van der Waals surface area contributed by atoms with Crippen molar-refractivity contribution in [3.63, 3.8) is 0 Å². The van der Waals surface area contributed by atoms with Crippen molar-refractivity contribution >= 4 is 17.4 Å². The van der Waals surface area contributed by atoms with Crippen LogP contribution in [0.5, 0.6) is 11.5 Å². The van der Waals surface area contributed by atoms with Gasteiger partial charge in [-0.25, -0.2) is 0 Å². The molecular weight excluding hydrogens is 406 g/mol. The summed E-state index contributed by atoms with van der Waals surface area (Å²) in [7, 11) is 1.59. The minimum atomic E-state index is -0.679. The van der Waals surface area contributed by atoms with Gasteiger partial charge in [-0.2, -0.15) is 0 Å². The number of likely N-dealkylation sites (tertiary alicyclic amines) is 1. The molecule has 1 heterocycles. The molecule has 170 valence electrons. The van der Waals surface area contributed by atoms with Gasteiger partial charge in [0.2, 0.25) is 0 Å². The smallest absolute Gasteiger partial charge is 0.295 e. The molecule has 1 atom stereocenters. The Bertz CT molecular complexity index is 1060. The molecule has 1 N–H and O–H groups in total. The van der Waals surface area contributed by atoms with Crippen LogP contribution in [0.3, 0.4) is 0 Å². The van der Waals surface area contributed by atoms with Crippen LogP contribution in [-0.2, 0) is 9.59 Å². The van der Waals surface area contributed by atoms with Crippen molar-refractivity contribution in [2.75, 3.05) is 20.3 Å². The van der Waals surface area contributed by atoms with E-state index in [0.29, 0.717) is 36.6 Å². The lowest BCUT2D eigenvalue weighted by atomic mass is 9.93. The molecule has 0 saturated carbocycles. The third-order valence-corrected chi connectivity index (χ3v) is 5.65. The number of aliphatic hydroxyl groups is 1. The van der Waals surface area contributed by atoms with Crippen LogP contribution in [0.15, 0.2) is 42.0 Å². The molecule has 3 rings (SSSR count). The summed E-state index contributed by atoms with van der Waals surface area (Å²) in [4.78, 5) is 27.6. The number of amides is 1. The molecule has 0 spiro atoms. The van der Waals surface area contributed by atoms with Gasteiger partial charge in [0.05, 0.1) is 25.3 Å². The number of hydrogen-bond acceptors (Lipinski definition) is 5. The summed E-state index contributed by atoms with van der Waals surface area (Å²) in [6.45, 7) is 8.67. The van der Waals surface area contributed by atoms with E-state index in [4.69, 9.17) is 9.47 Å². The van der Waals surface area contributed by atoms with Gasteiger partial charge in [0.15, 0.2) is 0 Å². The highest BCUT2D eigenvalue weighted by Gasteiger charge is 2.45. The highest BCUT2D eigenvalue weighted by molar-refractivity contribution is 6.46. The van der Waals surface area contributed by atoms with Crippen LogP contribution >= 0.6 is 0 Å². The van der Waals surface area contributed by atoms with E-state index in [1.54, 1.807) is 18.1 Å². The molecule has 0 aromatic heterocycles. The summed E-state index contributed by atoms with van der Waals surface area (Å²) in [5, 5.41) is 11.3. The molecular formula is C26H31NO5. The van der Waals surface area contributed by atoms with Crippen LogP contribution in [0.2, 0.25) is 0 Å². The molecule has 1 saturated heterocycles. The number of ketones is 1. The van der Waals surface area contributed by atoms with E-state index in [1.165, 1.54) is 0 Å². The third kappa shape index (κ3) is 4.35. The lowest BCUT2D eigenvalue weighted by Crippen LogP contribution is -2.30. The summed E-state index contributed by atoms with van der Waals surface area (Å²) in [6, 6.07) is 10.3. The Morgan fingerprint density at radius 2 is 1.81 bits per heavy atom. The Balaban J connectivity index is 2.19. The number of Topliss-reactive ketones (excluding diaryl/α,β-unsaturated/α-hetero) is 1. The first kappa shape index (κ1) is 23.4. The molecule has 1 unspecified atom stereocenters. The van der Waals surface area contributed by atoms with E-state index in [-0.39, 0.29) is 11.3 Å². The Labute approximate surface area is 189 Å². The number of methoxy groups -OCH3 is 1. The number of ether oxygens (including phenoxy) is 2. The zero-order chi connectivity index (χ0) is 23.4. The van der Waals surface area contributed by atoms with Crippen LogP contribution in [-0.4, -0.2) is 42.0 Å². The molecule has 0 radical (unpaired) electrons. The molecule has 1 aliphatic rings. The van der Waals surface area contributed by atoms with Crippen LogP contribution in [0.25, 0.3) is 5.76 Å². The van der Waals surface area contributed by atoms with E-state index in [2.05, 4.69) is 0 Å². The molecule has 0 bridgehead atoms.